The standard InChI is InChI=1S/C16H23N3/c1-6-14-18-15(16(17)19(14)10(2)3)13-9-7-8-11(4)12(13)5/h7-10H,6,17H2,1-5H3. The van der Waals surface area contributed by atoms with Crippen LogP contribution in [0.25, 0.3) is 11.3 Å². The van der Waals surface area contributed by atoms with Crippen LogP contribution in [0.4, 0.5) is 5.82 Å². The molecule has 0 spiro atoms. The predicted octanol–water partition coefficient (Wildman–Crippen LogP) is 3.89. The first-order valence-electron chi connectivity index (χ1n) is 6.90. The van der Waals surface area contributed by atoms with Gasteiger partial charge >= 0.3 is 0 Å². The highest BCUT2D eigenvalue weighted by molar-refractivity contribution is 5.74. The number of aromatic nitrogens is 2. The first kappa shape index (κ1) is 13.7. The van der Waals surface area contributed by atoms with E-state index in [2.05, 4.69) is 57.4 Å². The third-order valence-electron chi connectivity index (χ3n) is 3.71. The van der Waals surface area contributed by atoms with Crippen molar-refractivity contribution in [1.29, 1.82) is 0 Å². The van der Waals surface area contributed by atoms with Gasteiger partial charge in [-0.2, -0.15) is 0 Å². The summed E-state index contributed by atoms with van der Waals surface area (Å²) in [6.45, 7) is 10.7. The second-order valence-corrected chi connectivity index (χ2v) is 5.33. The van der Waals surface area contributed by atoms with E-state index in [4.69, 9.17) is 10.7 Å². The lowest BCUT2D eigenvalue weighted by Crippen LogP contribution is -2.09. The number of nitrogens with zero attached hydrogens (tertiary/aromatic N) is 2. The van der Waals surface area contributed by atoms with Crippen molar-refractivity contribution in [2.24, 2.45) is 0 Å². The van der Waals surface area contributed by atoms with Gasteiger partial charge in [0.15, 0.2) is 0 Å². The summed E-state index contributed by atoms with van der Waals surface area (Å²) in [6, 6.07) is 6.62. The van der Waals surface area contributed by atoms with E-state index >= 15 is 0 Å². The van der Waals surface area contributed by atoms with Crippen LogP contribution in [0.15, 0.2) is 18.2 Å². The number of benzene rings is 1. The van der Waals surface area contributed by atoms with E-state index in [0.29, 0.717) is 6.04 Å². The van der Waals surface area contributed by atoms with Crippen molar-refractivity contribution >= 4 is 5.82 Å². The fraction of sp³-hybridized carbons (Fsp3) is 0.438. The van der Waals surface area contributed by atoms with Crippen LogP contribution in [0, 0.1) is 13.8 Å². The van der Waals surface area contributed by atoms with Crippen LogP contribution < -0.4 is 5.73 Å². The second-order valence-electron chi connectivity index (χ2n) is 5.33. The molecule has 102 valence electrons. The number of aryl methyl sites for hydroxylation is 2. The molecule has 19 heavy (non-hydrogen) atoms. The van der Waals surface area contributed by atoms with Gasteiger partial charge in [-0.05, 0) is 38.8 Å². The van der Waals surface area contributed by atoms with Gasteiger partial charge in [-0.1, -0.05) is 25.1 Å². The molecule has 0 atom stereocenters. The topological polar surface area (TPSA) is 43.8 Å². The van der Waals surface area contributed by atoms with E-state index in [1.165, 1.54) is 11.1 Å². The van der Waals surface area contributed by atoms with Crippen molar-refractivity contribution in [2.75, 3.05) is 5.73 Å². The van der Waals surface area contributed by atoms with Crippen LogP contribution in [-0.2, 0) is 6.42 Å². The smallest absolute Gasteiger partial charge is 0.131 e. The Balaban J connectivity index is 2.67. The number of hydrogen-bond donors (Lipinski definition) is 1. The second kappa shape index (κ2) is 5.08. The Morgan fingerprint density at radius 3 is 2.47 bits per heavy atom. The lowest BCUT2D eigenvalue weighted by atomic mass is 10.0. The summed E-state index contributed by atoms with van der Waals surface area (Å²) < 4.78 is 2.14. The molecule has 2 rings (SSSR count). The van der Waals surface area contributed by atoms with Crippen molar-refractivity contribution in [1.82, 2.24) is 9.55 Å². The molecular formula is C16H23N3. The Bertz CT molecular complexity index is 594. The minimum absolute atomic E-state index is 0.335. The zero-order valence-corrected chi connectivity index (χ0v) is 12.5. The van der Waals surface area contributed by atoms with Crippen LogP contribution >= 0.6 is 0 Å². The lowest BCUT2D eigenvalue weighted by molar-refractivity contribution is 0.579. The van der Waals surface area contributed by atoms with Crippen molar-refractivity contribution in [3.63, 3.8) is 0 Å². The molecule has 0 amide bonds. The van der Waals surface area contributed by atoms with E-state index in [0.717, 1.165) is 29.3 Å². The van der Waals surface area contributed by atoms with Gasteiger partial charge in [-0.25, -0.2) is 4.98 Å². The van der Waals surface area contributed by atoms with Crippen molar-refractivity contribution in [2.45, 2.75) is 47.1 Å². The fourth-order valence-electron chi connectivity index (χ4n) is 2.52. The largest absolute Gasteiger partial charge is 0.383 e. The van der Waals surface area contributed by atoms with Gasteiger partial charge in [0.25, 0.3) is 0 Å². The molecule has 0 unspecified atom stereocenters. The fourth-order valence-corrected chi connectivity index (χ4v) is 2.52. The molecule has 1 aromatic carbocycles. The molecule has 0 aliphatic rings. The maximum absolute atomic E-state index is 6.33. The Kier molecular flexibility index (Phi) is 3.65. The number of hydrogen-bond acceptors (Lipinski definition) is 2. The summed E-state index contributed by atoms with van der Waals surface area (Å²) in [5.74, 6) is 1.84. The normalized spacial score (nSPS) is 11.3. The average Bonchev–Trinajstić information content (AvgIpc) is 2.70. The molecule has 0 aliphatic heterocycles. The maximum atomic E-state index is 6.33. The summed E-state index contributed by atoms with van der Waals surface area (Å²) in [6.07, 6.45) is 0.896. The first-order chi connectivity index (χ1) is 8.97. The third kappa shape index (κ3) is 2.25. The molecule has 3 nitrogen and oxygen atoms in total. The van der Waals surface area contributed by atoms with Gasteiger partial charge < -0.3 is 10.3 Å². The quantitative estimate of drug-likeness (QED) is 0.906. The molecule has 0 bridgehead atoms. The van der Waals surface area contributed by atoms with Crippen molar-refractivity contribution in [3.05, 3.63) is 35.2 Å². The average molecular weight is 257 g/mol. The first-order valence-corrected chi connectivity index (χ1v) is 6.90. The summed E-state index contributed by atoms with van der Waals surface area (Å²) in [5, 5.41) is 0. The molecule has 2 N–H and O–H groups in total. The summed E-state index contributed by atoms with van der Waals surface area (Å²) >= 11 is 0. The molecule has 0 saturated carbocycles. The van der Waals surface area contributed by atoms with Crippen LogP contribution in [-0.4, -0.2) is 9.55 Å². The number of imidazole rings is 1. The van der Waals surface area contributed by atoms with E-state index in [1.807, 2.05) is 0 Å². The van der Waals surface area contributed by atoms with Crippen LogP contribution in [0.3, 0.4) is 0 Å². The zero-order valence-electron chi connectivity index (χ0n) is 12.5. The third-order valence-corrected chi connectivity index (χ3v) is 3.71. The minimum Gasteiger partial charge on any atom is -0.383 e. The maximum Gasteiger partial charge on any atom is 0.131 e. The Labute approximate surface area is 115 Å². The molecule has 0 aliphatic carbocycles. The van der Waals surface area contributed by atoms with Gasteiger partial charge in [0.2, 0.25) is 0 Å². The highest BCUT2D eigenvalue weighted by atomic mass is 15.2. The molecular weight excluding hydrogens is 234 g/mol. The Morgan fingerprint density at radius 2 is 1.95 bits per heavy atom. The molecule has 0 saturated heterocycles. The van der Waals surface area contributed by atoms with Crippen LogP contribution in [0.5, 0.6) is 0 Å². The van der Waals surface area contributed by atoms with Crippen molar-refractivity contribution in [3.8, 4) is 11.3 Å². The van der Waals surface area contributed by atoms with E-state index in [1.54, 1.807) is 0 Å². The molecule has 0 radical (unpaired) electrons. The lowest BCUT2D eigenvalue weighted by Gasteiger charge is -2.13. The number of rotatable bonds is 3. The van der Waals surface area contributed by atoms with Crippen LogP contribution in [0.1, 0.15) is 43.8 Å². The van der Waals surface area contributed by atoms with Crippen LogP contribution in [0.2, 0.25) is 0 Å². The summed E-state index contributed by atoms with van der Waals surface area (Å²) in [7, 11) is 0. The Hall–Kier alpha value is -1.77. The van der Waals surface area contributed by atoms with Gasteiger partial charge in [-0.15, -0.1) is 0 Å². The molecule has 0 fully saturated rings. The highest BCUT2D eigenvalue weighted by Gasteiger charge is 2.18. The number of nitrogens with two attached hydrogens (primary N) is 1. The minimum atomic E-state index is 0.335. The summed E-state index contributed by atoms with van der Waals surface area (Å²) in [5.41, 5.74) is 10.9. The van der Waals surface area contributed by atoms with E-state index < -0.39 is 0 Å². The SMILES string of the molecule is CCc1nc(-c2cccc(C)c2C)c(N)n1C(C)C. The highest BCUT2D eigenvalue weighted by Crippen LogP contribution is 2.32. The van der Waals surface area contributed by atoms with Crippen molar-refractivity contribution < 1.29 is 0 Å². The zero-order chi connectivity index (χ0) is 14.2. The van der Waals surface area contributed by atoms with Gasteiger partial charge in [0.05, 0.1) is 0 Å². The molecule has 2 aromatic rings. The number of anilines is 1. The van der Waals surface area contributed by atoms with Gasteiger partial charge in [0.1, 0.15) is 17.3 Å². The number of nitrogen functional groups attached to an aromatic ring is 1. The molecule has 1 aromatic heterocycles. The van der Waals surface area contributed by atoms with Gasteiger partial charge in [0, 0.05) is 18.0 Å². The van der Waals surface area contributed by atoms with Gasteiger partial charge in [-0.3, -0.25) is 0 Å². The van der Waals surface area contributed by atoms with E-state index in [9.17, 15) is 0 Å². The molecule has 3 heteroatoms. The van der Waals surface area contributed by atoms with E-state index in [-0.39, 0.29) is 0 Å². The predicted molar refractivity (Wildman–Crippen MR) is 81.3 cm³/mol. The monoisotopic (exact) mass is 257 g/mol. The summed E-state index contributed by atoms with van der Waals surface area (Å²) in [4.78, 5) is 4.76. The Morgan fingerprint density at radius 1 is 1.26 bits per heavy atom. The molecule has 1 heterocycles.